The molecule has 1 aromatic carbocycles. The summed E-state index contributed by atoms with van der Waals surface area (Å²) >= 11 is 0. The molecule has 1 aromatic heterocycles. The summed E-state index contributed by atoms with van der Waals surface area (Å²) < 4.78 is 23.1. The molecule has 0 radical (unpaired) electrons. The van der Waals surface area contributed by atoms with Crippen molar-refractivity contribution in [2.45, 2.75) is 30.2 Å². The molecule has 9 heteroatoms. The third-order valence-corrected chi connectivity index (χ3v) is 6.22. The molecule has 1 fully saturated rings. The molecule has 2 heterocycles. The van der Waals surface area contributed by atoms with Gasteiger partial charge in [0.15, 0.2) is 15.8 Å². The zero-order valence-electron chi connectivity index (χ0n) is 17.4. The summed E-state index contributed by atoms with van der Waals surface area (Å²) in [5.41, 5.74) is 1.09. The van der Waals surface area contributed by atoms with Crippen LogP contribution in [0, 0.1) is 0 Å². The van der Waals surface area contributed by atoms with Crippen LogP contribution in [0.1, 0.15) is 18.4 Å². The van der Waals surface area contributed by atoms with E-state index in [-0.39, 0.29) is 24.0 Å². The van der Waals surface area contributed by atoms with Crippen LogP contribution in [0.5, 0.6) is 0 Å². The standard InChI is InChI=1S/C21H29N5O2S.HI/c1-22-21(24-14-10-17-6-8-19(9-7-17)29(2,27)28)25-18-11-15-26(16-12-18)20-5-3-4-13-23-20;/h3-9,13,18H,10-12,14-16H2,1-2H3,(H2,22,24,25);1H. The number of hydrogen-bond donors (Lipinski definition) is 2. The number of hydrogen-bond acceptors (Lipinski definition) is 5. The van der Waals surface area contributed by atoms with E-state index in [1.54, 1.807) is 19.2 Å². The van der Waals surface area contributed by atoms with Gasteiger partial charge in [0.2, 0.25) is 0 Å². The van der Waals surface area contributed by atoms with E-state index in [4.69, 9.17) is 0 Å². The van der Waals surface area contributed by atoms with Gasteiger partial charge >= 0.3 is 0 Å². The van der Waals surface area contributed by atoms with E-state index in [1.807, 2.05) is 30.5 Å². The topological polar surface area (TPSA) is 86.7 Å². The number of aliphatic imine (C=N–C) groups is 1. The van der Waals surface area contributed by atoms with Gasteiger partial charge in [0, 0.05) is 45.2 Å². The maximum Gasteiger partial charge on any atom is 0.191 e. The van der Waals surface area contributed by atoms with Gasteiger partial charge in [-0.15, -0.1) is 24.0 Å². The molecule has 3 rings (SSSR count). The summed E-state index contributed by atoms with van der Waals surface area (Å²) in [7, 11) is -1.37. The van der Waals surface area contributed by atoms with E-state index < -0.39 is 9.84 Å². The van der Waals surface area contributed by atoms with E-state index in [0.717, 1.165) is 56.2 Å². The number of piperidine rings is 1. The van der Waals surface area contributed by atoms with Crippen LogP contribution in [0.4, 0.5) is 5.82 Å². The van der Waals surface area contributed by atoms with E-state index in [9.17, 15) is 8.42 Å². The predicted octanol–water partition coefficient (Wildman–Crippen LogP) is 2.48. The Morgan fingerprint density at radius 1 is 1.17 bits per heavy atom. The number of rotatable bonds is 6. The zero-order chi connectivity index (χ0) is 20.7. The number of nitrogens with one attached hydrogen (secondary N) is 2. The largest absolute Gasteiger partial charge is 0.356 e. The molecule has 0 amide bonds. The van der Waals surface area contributed by atoms with Gasteiger partial charge < -0.3 is 15.5 Å². The number of benzene rings is 1. The fourth-order valence-corrected chi connectivity index (χ4v) is 4.04. The van der Waals surface area contributed by atoms with Crippen LogP contribution in [0.25, 0.3) is 0 Å². The Morgan fingerprint density at radius 2 is 1.87 bits per heavy atom. The van der Waals surface area contributed by atoms with Gasteiger partial charge in [-0.3, -0.25) is 4.99 Å². The molecule has 0 unspecified atom stereocenters. The van der Waals surface area contributed by atoms with Gasteiger partial charge in [0.05, 0.1) is 4.90 Å². The second kappa shape index (κ2) is 11.5. The summed E-state index contributed by atoms with van der Waals surface area (Å²) in [5.74, 6) is 1.84. The Morgan fingerprint density at radius 3 is 2.43 bits per heavy atom. The first-order chi connectivity index (χ1) is 14.0. The van der Waals surface area contributed by atoms with Crippen molar-refractivity contribution in [2.75, 3.05) is 37.8 Å². The van der Waals surface area contributed by atoms with Gasteiger partial charge in [-0.1, -0.05) is 18.2 Å². The van der Waals surface area contributed by atoms with Crippen LogP contribution in [-0.2, 0) is 16.3 Å². The summed E-state index contributed by atoms with van der Waals surface area (Å²) in [5, 5.41) is 6.85. The maximum absolute atomic E-state index is 11.5. The molecular formula is C21H30IN5O2S. The fourth-order valence-electron chi connectivity index (χ4n) is 3.41. The van der Waals surface area contributed by atoms with Gasteiger partial charge in [0.1, 0.15) is 5.82 Å². The van der Waals surface area contributed by atoms with Crippen molar-refractivity contribution in [2.24, 2.45) is 4.99 Å². The third-order valence-electron chi connectivity index (χ3n) is 5.09. The predicted molar refractivity (Wildman–Crippen MR) is 133 cm³/mol. The molecule has 30 heavy (non-hydrogen) atoms. The second-order valence-electron chi connectivity index (χ2n) is 7.26. The second-order valence-corrected chi connectivity index (χ2v) is 9.27. The van der Waals surface area contributed by atoms with Crippen molar-refractivity contribution in [3.8, 4) is 0 Å². The maximum atomic E-state index is 11.5. The summed E-state index contributed by atoms with van der Waals surface area (Å²) in [6.07, 6.45) is 5.91. The van der Waals surface area contributed by atoms with Gasteiger partial charge in [-0.2, -0.15) is 0 Å². The minimum absolute atomic E-state index is 0. The van der Waals surface area contributed by atoms with E-state index in [0.29, 0.717) is 10.9 Å². The van der Waals surface area contributed by atoms with Crippen LogP contribution in [-0.4, -0.2) is 58.3 Å². The smallest absolute Gasteiger partial charge is 0.191 e. The molecule has 0 bridgehead atoms. The highest BCUT2D eigenvalue weighted by molar-refractivity contribution is 14.0. The van der Waals surface area contributed by atoms with Crippen molar-refractivity contribution >= 4 is 45.6 Å². The highest BCUT2D eigenvalue weighted by Crippen LogP contribution is 2.17. The average molecular weight is 543 g/mol. The minimum Gasteiger partial charge on any atom is -0.356 e. The van der Waals surface area contributed by atoms with E-state index >= 15 is 0 Å². The van der Waals surface area contributed by atoms with Crippen molar-refractivity contribution in [3.05, 3.63) is 54.2 Å². The number of guanidine groups is 1. The SMILES string of the molecule is CN=C(NCCc1ccc(S(C)(=O)=O)cc1)NC1CCN(c2ccccn2)CC1.I. The van der Waals surface area contributed by atoms with Crippen molar-refractivity contribution in [1.29, 1.82) is 0 Å². The molecule has 2 aromatic rings. The van der Waals surface area contributed by atoms with Gasteiger partial charge in [-0.25, -0.2) is 13.4 Å². The Labute approximate surface area is 196 Å². The van der Waals surface area contributed by atoms with Crippen LogP contribution in [0.2, 0.25) is 0 Å². The molecule has 1 saturated heterocycles. The lowest BCUT2D eigenvalue weighted by atomic mass is 10.1. The molecule has 7 nitrogen and oxygen atoms in total. The Bertz CT molecular complexity index is 912. The number of pyridine rings is 1. The van der Waals surface area contributed by atoms with Crippen molar-refractivity contribution in [1.82, 2.24) is 15.6 Å². The van der Waals surface area contributed by atoms with Crippen LogP contribution >= 0.6 is 24.0 Å². The minimum atomic E-state index is -3.15. The molecule has 0 saturated carbocycles. The quantitative estimate of drug-likeness (QED) is 0.331. The molecule has 0 atom stereocenters. The highest BCUT2D eigenvalue weighted by Gasteiger charge is 2.20. The van der Waals surface area contributed by atoms with Crippen molar-refractivity contribution in [3.63, 3.8) is 0 Å². The number of aromatic nitrogens is 1. The zero-order valence-corrected chi connectivity index (χ0v) is 20.6. The highest BCUT2D eigenvalue weighted by atomic mass is 127. The van der Waals surface area contributed by atoms with Gasteiger partial charge in [-0.05, 0) is 49.1 Å². The lowest BCUT2D eigenvalue weighted by molar-refractivity contribution is 0.459. The molecule has 164 valence electrons. The number of nitrogens with zero attached hydrogens (tertiary/aromatic N) is 3. The number of sulfone groups is 1. The summed E-state index contributed by atoms with van der Waals surface area (Å²) in [6.45, 7) is 2.67. The van der Waals surface area contributed by atoms with Gasteiger partial charge in [0.25, 0.3) is 0 Å². The summed E-state index contributed by atoms with van der Waals surface area (Å²) in [4.78, 5) is 11.4. The first-order valence-corrected chi connectivity index (χ1v) is 11.8. The third kappa shape index (κ3) is 7.12. The van der Waals surface area contributed by atoms with E-state index in [1.165, 1.54) is 6.26 Å². The monoisotopic (exact) mass is 543 g/mol. The Balaban J connectivity index is 0.00000320. The van der Waals surface area contributed by atoms with E-state index in [2.05, 4.69) is 31.6 Å². The normalized spacial score (nSPS) is 15.4. The molecule has 2 N–H and O–H groups in total. The molecule has 1 aliphatic heterocycles. The first kappa shape index (κ1) is 24.4. The van der Waals surface area contributed by atoms with Crippen LogP contribution in [0.15, 0.2) is 58.5 Å². The molecule has 1 aliphatic rings. The average Bonchev–Trinajstić information content (AvgIpc) is 2.74. The summed E-state index contributed by atoms with van der Waals surface area (Å²) in [6, 6.07) is 13.4. The van der Waals surface area contributed by atoms with Crippen LogP contribution < -0.4 is 15.5 Å². The molecule has 0 aliphatic carbocycles. The Kier molecular flexibility index (Phi) is 9.35. The van der Waals surface area contributed by atoms with Crippen LogP contribution in [0.3, 0.4) is 0 Å². The fraction of sp³-hybridized carbons (Fsp3) is 0.429. The number of halogens is 1. The lowest BCUT2D eigenvalue weighted by Crippen LogP contribution is -2.49. The Hall–Kier alpha value is -1.88. The first-order valence-electron chi connectivity index (χ1n) is 9.88. The number of anilines is 1. The lowest BCUT2D eigenvalue weighted by Gasteiger charge is -2.33. The molecular weight excluding hydrogens is 513 g/mol. The van der Waals surface area contributed by atoms with Crippen molar-refractivity contribution < 1.29 is 8.42 Å². The molecule has 0 spiro atoms.